The fraction of sp³-hybridized carbons (Fsp3) is 0.0435. The van der Waals surface area contributed by atoms with Gasteiger partial charge in [0.2, 0.25) is 0 Å². The Balaban J connectivity index is 1.81. The Hall–Kier alpha value is -4.39. The first-order chi connectivity index (χ1) is 16.1. The highest BCUT2D eigenvalue weighted by atomic mass is 35.5. The number of nitrogens with two attached hydrogens (primary N) is 1. The van der Waals surface area contributed by atoms with Gasteiger partial charge in [-0.05, 0) is 18.2 Å². The van der Waals surface area contributed by atoms with Crippen LogP contribution >= 0.6 is 11.6 Å². The van der Waals surface area contributed by atoms with E-state index in [-0.39, 0.29) is 17.3 Å². The number of rotatable bonds is 4. The zero-order valence-corrected chi connectivity index (χ0v) is 17.7. The number of halogens is 1. The third-order valence-corrected chi connectivity index (χ3v) is 5.44. The minimum Gasteiger partial charge on any atom is -0.381 e. The molecule has 0 spiro atoms. The molecular formula is C23H15ClN8O. The standard InChI is InChI=1S/C23H15ClN8O/c24-16-8-4-3-7-15(16)20(33)22-30-23-21(26)29-18(14-6-2-1-5-13(14)11-25)19(32(23)31-22)17-9-10-27-12-28-17/h1-10,12,20,33H,(H2,26,29). The van der Waals surface area contributed by atoms with Gasteiger partial charge in [-0.1, -0.05) is 48.0 Å². The monoisotopic (exact) mass is 454 g/mol. The van der Waals surface area contributed by atoms with Crippen molar-refractivity contribution in [3.05, 3.63) is 89.1 Å². The molecular weight excluding hydrogens is 440 g/mol. The van der Waals surface area contributed by atoms with E-state index in [1.165, 1.54) is 10.8 Å². The van der Waals surface area contributed by atoms with E-state index < -0.39 is 6.10 Å². The average Bonchev–Trinajstić information content (AvgIpc) is 3.30. The number of aromatic nitrogens is 6. The van der Waals surface area contributed by atoms with Crippen LogP contribution in [-0.4, -0.2) is 34.7 Å². The smallest absolute Gasteiger partial charge is 0.199 e. The van der Waals surface area contributed by atoms with Crippen LogP contribution in [-0.2, 0) is 0 Å². The summed E-state index contributed by atoms with van der Waals surface area (Å²) in [6.45, 7) is 0. The van der Waals surface area contributed by atoms with Crippen LogP contribution in [0.1, 0.15) is 23.1 Å². The molecule has 9 nitrogen and oxygen atoms in total. The molecule has 1 unspecified atom stereocenters. The van der Waals surface area contributed by atoms with Crippen LogP contribution in [0, 0.1) is 11.3 Å². The SMILES string of the molecule is N#Cc1ccccc1-c1nc(N)c2nc(C(O)c3ccccc3Cl)nn2c1-c1ccncn1. The molecule has 160 valence electrons. The van der Waals surface area contributed by atoms with E-state index >= 15 is 0 Å². The van der Waals surface area contributed by atoms with Gasteiger partial charge in [-0.2, -0.15) is 5.26 Å². The van der Waals surface area contributed by atoms with Crippen molar-refractivity contribution in [3.63, 3.8) is 0 Å². The van der Waals surface area contributed by atoms with Crippen LogP contribution < -0.4 is 5.73 Å². The Morgan fingerprint density at radius 2 is 1.85 bits per heavy atom. The molecule has 0 aliphatic rings. The first-order valence-electron chi connectivity index (χ1n) is 9.83. The number of nitrogen functional groups attached to an aromatic ring is 1. The zero-order valence-electron chi connectivity index (χ0n) is 17.0. The lowest BCUT2D eigenvalue weighted by atomic mass is 10.0. The predicted octanol–water partition coefficient (Wildman–Crippen LogP) is 3.44. The summed E-state index contributed by atoms with van der Waals surface area (Å²) in [5.74, 6) is 0.179. The van der Waals surface area contributed by atoms with E-state index in [0.29, 0.717) is 38.8 Å². The van der Waals surface area contributed by atoms with E-state index in [0.717, 1.165) is 0 Å². The number of nitrogens with zero attached hydrogens (tertiary/aromatic N) is 7. The summed E-state index contributed by atoms with van der Waals surface area (Å²) in [6.07, 6.45) is 1.79. The Morgan fingerprint density at radius 3 is 2.61 bits per heavy atom. The summed E-state index contributed by atoms with van der Waals surface area (Å²) < 4.78 is 1.48. The minimum absolute atomic E-state index is 0.0839. The summed E-state index contributed by atoms with van der Waals surface area (Å²) >= 11 is 6.26. The molecule has 0 saturated heterocycles. The van der Waals surface area contributed by atoms with Crippen LogP contribution in [0.3, 0.4) is 0 Å². The number of anilines is 1. The van der Waals surface area contributed by atoms with Gasteiger partial charge < -0.3 is 10.8 Å². The molecule has 10 heteroatoms. The molecule has 0 bridgehead atoms. The van der Waals surface area contributed by atoms with Crippen LogP contribution in [0.4, 0.5) is 5.82 Å². The number of aliphatic hydroxyl groups excluding tert-OH is 1. The molecule has 0 saturated carbocycles. The summed E-state index contributed by atoms with van der Waals surface area (Å²) in [7, 11) is 0. The summed E-state index contributed by atoms with van der Waals surface area (Å²) in [4.78, 5) is 17.3. The van der Waals surface area contributed by atoms with Gasteiger partial charge in [-0.25, -0.2) is 24.5 Å². The molecule has 5 rings (SSSR count). The van der Waals surface area contributed by atoms with Crippen LogP contribution in [0.15, 0.2) is 67.1 Å². The Kier molecular flexibility index (Phi) is 5.14. The Labute approximate surface area is 192 Å². The summed E-state index contributed by atoms with van der Waals surface area (Å²) in [5, 5.41) is 25.5. The Morgan fingerprint density at radius 1 is 1.06 bits per heavy atom. The zero-order chi connectivity index (χ0) is 22.9. The topological polar surface area (TPSA) is 139 Å². The number of hydrogen-bond acceptors (Lipinski definition) is 8. The predicted molar refractivity (Wildman–Crippen MR) is 122 cm³/mol. The molecule has 2 aromatic carbocycles. The highest BCUT2D eigenvalue weighted by Crippen LogP contribution is 2.34. The maximum absolute atomic E-state index is 10.9. The van der Waals surface area contributed by atoms with E-state index in [1.807, 2.05) is 0 Å². The third-order valence-electron chi connectivity index (χ3n) is 5.09. The van der Waals surface area contributed by atoms with Crippen molar-refractivity contribution in [2.45, 2.75) is 6.10 Å². The molecule has 0 aliphatic carbocycles. The first kappa shape index (κ1) is 20.5. The molecule has 0 fully saturated rings. The van der Waals surface area contributed by atoms with Crippen molar-refractivity contribution in [1.82, 2.24) is 29.5 Å². The van der Waals surface area contributed by atoms with Crippen molar-refractivity contribution in [3.8, 4) is 28.7 Å². The lowest BCUT2D eigenvalue weighted by Gasteiger charge is -2.12. The Bertz CT molecular complexity index is 1530. The largest absolute Gasteiger partial charge is 0.381 e. The first-order valence-corrected chi connectivity index (χ1v) is 10.2. The molecule has 1 atom stereocenters. The van der Waals surface area contributed by atoms with Crippen molar-refractivity contribution in [2.24, 2.45) is 0 Å². The van der Waals surface area contributed by atoms with Crippen molar-refractivity contribution in [1.29, 1.82) is 5.26 Å². The van der Waals surface area contributed by atoms with Gasteiger partial charge >= 0.3 is 0 Å². The highest BCUT2D eigenvalue weighted by Gasteiger charge is 2.25. The molecule has 3 aromatic heterocycles. The molecule has 3 N–H and O–H groups in total. The highest BCUT2D eigenvalue weighted by molar-refractivity contribution is 6.31. The van der Waals surface area contributed by atoms with E-state index in [2.05, 4.69) is 31.1 Å². The minimum atomic E-state index is -1.19. The molecule has 5 aromatic rings. The van der Waals surface area contributed by atoms with E-state index in [1.54, 1.807) is 60.8 Å². The van der Waals surface area contributed by atoms with Gasteiger partial charge in [0.15, 0.2) is 17.3 Å². The van der Waals surface area contributed by atoms with E-state index in [4.69, 9.17) is 17.3 Å². The number of fused-ring (bicyclic) bond motifs is 1. The maximum atomic E-state index is 10.9. The third kappa shape index (κ3) is 3.53. The van der Waals surface area contributed by atoms with Gasteiger partial charge in [0.05, 0.1) is 17.3 Å². The summed E-state index contributed by atoms with van der Waals surface area (Å²) in [6, 6.07) is 17.8. The second-order valence-electron chi connectivity index (χ2n) is 7.08. The van der Waals surface area contributed by atoms with Crippen molar-refractivity contribution < 1.29 is 5.11 Å². The van der Waals surface area contributed by atoms with Gasteiger partial charge in [0, 0.05) is 22.3 Å². The fourth-order valence-electron chi connectivity index (χ4n) is 3.56. The van der Waals surface area contributed by atoms with Gasteiger partial charge in [0.25, 0.3) is 0 Å². The summed E-state index contributed by atoms with van der Waals surface area (Å²) in [5.41, 5.74) is 9.28. The van der Waals surface area contributed by atoms with Crippen molar-refractivity contribution >= 4 is 23.1 Å². The lowest BCUT2D eigenvalue weighted by Crippen LogP contribution is -2.07. The van der Waals surface area contributed by atoms with Crippen LogP contribution in [0.5, 0.6) is 0 Å². The van der Waals surface area contributed by atoms with Gasteiger partial charge in [0.1, 0.15) is 23.8 Å². The van der Waals surface area contributed by atoms with Crippen LogP contribution in [0.2, 0.25) is 5.02 Å². The van der Waals surface area contributed by atoms with Crippen molar-refractivity contribution in [2.75, 3.05) is 5.73 Å². The van der Waals surface area contributed by atoms with Crippen LogP contribution in [0.25, 0.3) is 28.3 Å². The molecule has 0 amide bonds. The maximum Gasteiger partial charge on any atom is 0.199 e. The normalized spacial score (nSPS) is 11.9. The lowest BCUT2D eigenvalue weighted by molar-refractivity contribution is 0.210. The number of benzene rings is 2. The average molecular weight is 455 g/mol. The number of aliphatic hydroxyl groups is 1. The molecule has 0 aliphatic heterocycles. The second-order valence-corrected chi connectivity index (χ2v) is 7.48. The number of nitriles is 1. The second kappa shape index (κ2) is 8.27. The van der Waals surface area contributed by atoms with Gasteiger partial charge in [-0.15, -0.1) is 5.10 Å². The molecule has 3 heterocycles. The van der Waals surface area contributed by atoms with E-state index in [9.17, 15) is 10.4 Å². The van der Waals surface area contributed by atoms with Gasteiger partial charge in [-0.3, -0.25) is 0 Å². The quantitative estimate of drug-likeness (QED) is 0.421. The molecule has 33 heavy (non-hydrogen) atoms. The number of hydrogen-bond donors (Lipinski definition) is 2. The molecule has 0 radical (unpaired) electrons. The fourth-order valence-corrected chi connectivity index (χ4v) is 3.80.